The predicted molar refractivity (Wildman–Crippen MR) is 156 cm³/mol. The minimum atomic E-state index is -0.990. The summed E-state index contributed by atoms with van der Waals surface area (Å²) < 4.78 is 1.41. The Morgan fingerprint density at radius 3 is 2.37 bits per heavy atom. The number of hydrogen-bond acceptors (Lipinski definition) is 7. The van der Waals surface area contributed by atoms with Gasteiger partial charge in [-0.3, -0.25) is 14.5 Å². The van der Waals surface area contributed by atoms with Crippen LogP contribution in [0.1, 0.15) is 22.7 Å². The van der Waals surface area contributed by atoms with Crippen molar-refractivity contribution in [2.24, 2.45) is 0 Å². The van der Waals surface area contributed by atoms with E-state index in [1.807, 2.05) is 24.3 Å². The highest BCUT2D eigenvalue weighted by Gasteiger charge is 2.48. The topological polar surface area (TPSA) is 83.4 Å². The van der Waals surface area contributed by atoms with Gasteiger partial charge >= 0.3 is 5.91 Å². The van der Waals surface area contributed by atoms with Crippen molar-refractivity contribution in [2.45, 2.75) is 16.1 Å². The lowest BCUT2D eigenvalue weighted by Crippen LogP contribution is -2.29. The molecule has 3 aromatic carbocycles. The number of aromatic nitrogens is 2. The van der Waals surface area contributed by atoms with Crippen LogP contribution in [0.2, 0.25) is 15.1 Å². The van der Waals surface area contributed by atoms with Crippen molar-refractivity contribution in [3.8, 4) is 0 Å². The highest BCUT2D eigenvalue weighted by molar-refractivity contribution is 9.10. The number of hydrogen-bond donors (Lipinski definition) is 1. The van der Waals surface area contributed by atoms with E-state index in [9.17, 15) is 14.7 Å². The molecule has 38 heavy (non-hydrogen) atoms. The summed E-state index contributed by atoms with van der Waals surface area (Å²) >= 11 is 24.4. The first-order chi connectivity index (χ1) is 18.2. The Morgan fingerprint density at radius 1 is 0.974 bits per heavy atom. The molecule has 0 spiro atoms. The van der Waals surface area contributed by atoms with Gasteiger partial charge in [0, 0.05) is 20.8 Å². The summed E-state index contributed by atoms with van der Waals surface area (Å²) in [6.45, 7) is 0. The molecule has 1 N–H and O–H groups in total. The number of carbonyl (C=O) groups is 2. The highest BCUT2D eigenvalue weighted by Crippen LogP contribution is 2.45. The van der Waals surface area contributed by atoms with Crippen molar-refractivity contribution in [1.82, 2.24) is 10.2 Å². The molecule has 5 rings (SSSR count). The lowest BCUT2D eigenvalue weighted by Gasteiger charge is -2.22. The summed E-state index contributed by atoms with van der Waals surface area (Å²) in [7, 11) is 0. The van der Waals surface area contributed by atoms with Crippen LogP contribution in [-0.4, -0.2) is 27.0 Å². The quantitative estimate of drug-likeness (QED) is 0.0735. The van der Waals surface area contributed by atoms with Gasteiger partial charge in [0.25, 0.3) is 5.78 Å². The molecule has 0 saturated carbocycles. The second-order valence-corrected chi connectivity index (χ2v) is 12.5. The molecule has 1 aromatic heterocycles. The van der Waals surface area contributed by atoms with Crippen molar-refractivity contribution in [1.29, 1.82) is 0 Å². The molecule has 1 unspecified atom stereocenters. The lowest BCUT2D eigenvalue weighted by molar-refractivity contribution is -0.132. The Labute approximate surface area is 249 Å². The Bertz CT molecular complexity index is 1580. The highest BCUT2D eigenvalue weighted by atomic mass is 79.9. The van der Waals surface area contributed by atoms with E-state index in [1.165, 1.54) is 28.0 Å². The average molecular weight is 668 g/mol. The van der Waals surface area contributed by atoms with Gasteiger partial charge in [-0.2, -0.15) is 0 Å². The Hall–Kier alpha value is -2.40. The molecule has 12 heteroatoms. The van der Waals surface area contributed by atoms with Gasteiger partial charge in [0.1, 0.15) is 5.76 Å². The number of amides is 1. The molecule has 1 amide bonds. The molecule has 0 aliphatic carbocycles. The standard InChI is InChI=1S/C26H15BrCl3N3O3S2/c27-16-6-3-14(4-7-16)22(34)20-21(15-5-10-18(29)19(30)11-15)33(24(36)23(20)35)25-31-32-26(38-25)37-12-13-1-8-17(28)9-2-13/h1-11,21,34H,12H2/b22-20-. The lowest BCUT2D eigenvalue weighted by atomic mass is 9.95. The first kappa shape index (κ1) is 27.2. The first-order valence-electron chi connectivity index (χ1n) is 11.0. The van der Waals surface area contributed by atoms with Crippen molar-refractivity contribution in [2.75, 3.05) is 4.90 Å². The summed E-state index contributed by atoms with van der Waals surface area (Å²) in [4.78, 5) is 27.9. The van der Waals surface area contributed by atoms with Crippen LogP contribution in [-0.2, 0) is 15.3 Å². The third kappa shape index (κ3) is 5.50. The smallest absolute Gasteiger partial charge is 0.301 e. The number of benzene rings is 3. The molecular formula is C26H15BrCl3N3O3S2. The van der Waals surface area contributed by atoms with E-state index < -0.39 is 17.7 Å². The van der Waals surface area contributed by atoms with Crippen LogP contribution in [0.15, 0.2) is 81.1 Å². The first-order valence-corrected chi connectivity index (χ1v) is 14.7. The summed E-state index contributed by atoms with van der Waals surface area (Å²) in [5.41, 5.74) is 1.83. The van der Waals surface area contributed by atoms with Crippen molar-refractivity contribution in [3.05, 3.63) is 109 Å². The van der Waals surface area contributed by atoms with Crippen molar-refractivity contribution >= 4 is 96.4 Å². The molecule has 1 fully saturated rings. The number of carbonyl (C=O) groups excluding carboxylic acids is 2. The van der Waals surface area contributed by atoms with Gasteiger partial charge in [-0.05, 0) is 47.5 Å². The van der Waals surface area contributed by atoms with E-state index >= 15 is 0 Å². The molecular weight excluding hydrogens is 653 g/mol. The van der Waals surface area contributed by atoms with E-state index in [4.69, 9.17) is 34.8 Å². The maximum absolute atomic E-state index is 13.3. The largest absolute Gasteiger partial charge is 0.507 e. The monoisotopic (exact) mass is 665 g/mol. The van der Waals surface area contributed by atoms with Crippen LogP contribution in [0.25, 0.3) is 5.76 Å². The maximum atomic E-state index is 13.3. The van der Waals surface area contributed by atoms with E-state index in [0.29, 0.717) is 31.3 Å². The average Bonchev–Trinajstić information content (AvgIpc) is 3.47. The summed E-state index contributed by atoms with van der Waals surface area (Å²) in [5, 5.41) is 21.1. The molecule has 6 nitrogen and oxygen atoms in total. The van der Waals surface area contributed by atoms with Crippen molar-refractivity contribution < 1.29 is 14.7 Å². The number of ketones is 1. The Kier molecular flexibility index (Phi) is 8.14. The molecule has 2 heterocycles. The number of thioether (sulfide) groups is 1. The van der Waals surface area contributed by atoms with Gasteiger partial charge in [0.15, 0.2) is 4.34 Å². The zero-order valence-corrected chi connectivity index (χ0v) is 24.6. The molecule has 1 atom stereocenters. The number of nitrogens with zero attached hydrogens (tertiary/aromatic N) is 3. The molecule has 1 aliphatic rings. The van der Waals surface area contributed by atoms with Crippen LogP contribution < -0.4 is 4.90 Å². The third-order valence-corrected chi connectivity index (χ3v) is 9.35. The fourth-order valence-electron chi connectivity index (χ4n) is 3.87. The summed E-state index contributed by atoms with van der Waals surface area (Å²) in [6.07, 6.45) is 0. The van der Waals surface area contributed by atoms with Gasteiger partial charge in [0.05, 0.1) is 21.7 Å². The Morgan fingerprint density at radius 2 is 1.68 bits per heavy atom. The Balaban J connectivity index is 1.55. The van der Waals surface area contributed by atoms with E-state index in [0.717, 1.165) is 10.0 Å². The maximum Gasteiger partial charge on any atom is 0.301 e. The minimum absolute atomic E-state index is 0.0821. The number of anilines is 1. The number of Topliss-reactive ketones (excluding diaryl/α,β-unsaturated/α-hetero) is 1. The predicted octanol–water partition coefficient (Wildman–Crippen LogP) is 8.18. The fraction of sp³-hybridized carbons (Fsp3) is 0.0769. The minimum Gasteiger partial charge on any atom is -0.507 e. The number of aliphatic hydroxyl groups excluding tert-OH is 1. The number of rotatable bonds is 6. The number of aliphatic hydroxyl groups is 1. The SMILES string of the molecule is O=C1C(=O)N(c2nnc(SCc3ccc(Cl)cc3)s2)C(c2ccc(Cl)c(Cl)c2)/C1=C(/O)c1ccc(Br)cc1. The summed E-state index contributed by atoms with van der Waals surface area (Å²) in [5.74, 6) is -1.36. The van der Waals surface area contributed by atoms with Gasteiger partial charge in [-0.15, -0.1) is 10.2 Å². The molecule has 0 bridgehead atoms. The van der Waals surface area contributed by atoms with Gasteiger partial charge in [0.2, 0.25) is 5.13 Å². The van der Waals surface area contributed by atoms with Gasteiger partial charge < -0.3 is 5.11 Å². The van der Waals surface area contributed by atoms with Crippen molar-refractivity contribution in [3.63, 3.8) is 0 Å². The normalized spacial score (nSPS) is 16.8. The zero-order valence-electron chi connectivity index (χ0n) is 19.1. The van der Waals surface area contributed by atoms with Gasteiger partial charge in [-0.1, -0.05) is 104 Å². The van der Waals surface area contributed by atoms with Crippen LogP contribution in [0, 0.1) is 0 Å². The molecule has 1 aliphatic heterocycles. The van der Waals surface area contributed by atoms with Crippen LogP contribution in [0.3, 0.4) is 0 Å². The molecule has 4 aromatic rings. The van der Waals surface area contributed by atoms with E-state index in [2.05, 4.69) is 26.1 Å². The second-order valence-electron chi connectivity index (χ2n) is 8.12. The van der Waals surface area contributed by atoms with Crippen LogP contribution >= 0.6 is 73.8 Å². The molecule has 192 valence electrons. The molecule has 1 saturated heterocycles. The van der Waals surface area contributed by atoms with Crippen LogP contribution in [0.5, 0.6) is 0 Å². The molecule has 0 radical (unpaired) electrons. The fourth-order valence-corrected chi connectivity index (χ4v) is 6.40. The second kappa shape index (κ2) is 11.4. The third-order valence-electron chi connectivity index (χ3n) is 5.70. The van der Waals surface area contributed by atoms with Gasteiger partial charge in [-0.25, -0.2) is 0 Å². The summed E-state index contributed by atoms with van der Waals surface area (Å²) in [6, 6.07) is 18.0. The van der Waals surface area contributed by atoms with E-state index in [-0.39, 0.29) is 21.5 Å². The van der Waals surface area contributed by atoms with Crippen LogP contribution in [0.4, 0.5) is 5.13 Å². The van der Waals surface area contributed by atoms with E-state index in [1.54, 1.807) is 42.5 Å². The number of halogens is 4. The zero-order chi connectivity index (χ0) is 27.0.